The Morgan fingerprint density at radius 3 is 2.24 bits per heavy atom. The molecule has 3 saturated heterocycles. The van der Waals surface area contributed by atoms with E-state index < -0.39 is 66.3 Å². The molecule has 0 saturated carbocycles. The summed E-state index contributed by atoms with van der Waals surface area (Å²) in [6.45, 7) is 13.0. The van der Waals surface area contributed by atoms with Crippen molar-refractivity contribution < 1.29 is 33.8 Å². The zero-order valence-corrected chi connectivity index (χ0v) is 30.8. The third kappa shape index (κ3) is 6.67. The Labute approximate surface area is 303 Å². The highest BCUT2D eigenvalue weighted by molar-refractivity contribution is 9.09. The van der Waals surface area contributed by atoms with E-state index in [1.54, 1.807) is 29.0 Å². The number of fused-ring (bicyclic) bond motifs is 1. The van der Waals surface area contributed by atoms with Crippen molar-refractivity contribution in [3.8, 4) is 0 Å². The molecule has 3 fully saturated rings. The monoisotopic (exact) mass is 749 g/mol. The summed E-state index contributed by atoms with van der Waals surface area (Å²) in [4.78, 5) is 61.5. The predicted molar refractivity (Wildman–Crippen MR) is 193 cm³/mol. The average Bonchev–Trinajstić information content (AvgIpc) is 3.71. The van der Waals surface area contributed by atoms with Crippen LogP contribution in [-0.2, 0) is 28.7 Å². The Kier molecular flexibility index (Phi) is 11.7. The van der Waals surface area contributed by atoms with E-state index in [0.29, 0.717) is 24.0 Å². The van der Waals surface area contributed by atoms with Crippen molar-refractivity contribution in [2.24, 2.45) is 11.8 Å². The van der Waals surface area contributed by atoms with Gasteiger partial charge in [0.25, 0.3) is 0 Å². The number of likely N-dealkylation sites (tertiary alicyclic amines) is 1. The minimum atomic E-state index is -1.36. The van der Waals surface area contributed by atoms with E-state index in [1.165, 1.54) is 4.90 Å². The Bertz CT molecular complexity index is 1570. The standard InChI is InChI=1S/C39H48BrN3O7/c1-7-9-20-30(45)41(6)25(5)33(27-18-14-11-15-19-27)49-38(48)31-32-36(46)43(29(23-44)26-16-12-10-13-17-26)35(37(47)42(21-8-2)24(3)4)39(32)22-28(40)34(31)50-39/h7-8,10-19,24-25,28-29,31-35,44H,1-2,9,20-23H2,3-6H3/t25-,28?,29+,31+,32-,33+,34+,35+,39-/m0/s1. The van der Waals surface area contributed by atoms with Crippen molar-refractivity contribution in [3.63, 3.8) is 0 Å². The van der Waals surface area contributed by atoms with Gasteiger partial charge in [-0.25, -0.2) is 0 Å². The number of likely N-dealkylation sites (N-methyl/N-ethyl adjacent to an activating group) is 1. The molecule has 5 rings (SSSR count). The molecule has 3 aliphatic heterocycles. The van der Waals surface area contributed by atoms with Crippen molar-refractivity contribution >= 4 is 39.6 Å². The third-order valence-electron chi connectivity index (χ3n) is 10.5. The molecule has 1 unspecified atom stereocenters. The SMILES string of the molecule is C=CCCC(=O)N(C)[C@@H](C)[C@@H](OC(=O)[C@H]1[C@@H]2O[C@@]3(CC2Br)[C@@H]1C(=O)N([C@H](CO)c1ccccc1)[C@@H]3C(=O)N(CC=C)C(C)C)c1ccccc1. The number of nitrogens with zero attached hydrogens (tertiary/aromatic N) is 3. The zero-order valence-electron chi connectivity index (χ0n) is 29.2. The molecule has 2 aromatic rings. The number of ether oxygens (including phenoxy) is 2. The molecule has 0 aromatic heterocycles. The average molecular weight is 751 g/mol. The highest BCUT2D eigenvalue weighted by Crippen LogP contribution is 2.61. The molecule has 2 aromatic carbocycles. The minimum Gasteiger partial charge on any atom is -0.455 e. The topological polar surface area (TPSA) is 117 Å². The van der Waals surface area contributed by atoms with Crippen LogP contribution in [0.1, 0.15) is 63.3 Å². The fraction of sp³-hybridized carbons (Fsp3) is 0.487. The summed E-state index contributed by atoms with van der Waals surface area (Å²) < 4.78 is 13.1. The van der Waals surface area contributed by atoms with Crippen molar-refractivity contribution in [2.75, 3.05) is 20.2 Å². The van der Waals surface area contributed by atoms with Crippen LogP contribution in [0, 0.1) is 11.8 Å². The van der Waals surface area contributed by atoms with Gasteiger partial charge in [-0.2, -0.15) is 0 Å². The van der Waals surface area contributed by atoms with Gasteiger partial charge in [0.1, 0.15) is 17.7 Å². The minimum absolute atomic E-state index is 0.120. The van der Waals surface area contributed by atoms with E-state index in [0.717, 1.165) is 0 Å². The van der Waals surface area contributed by atoms with Gasteiger partial charge in [-0.1, -0.05) is 88.7 Å². The van der Waals surface area contributed by atoms with Gasteiger partial charge in [-0.3, -0.25) is 19.2 Å². The molecule has 268 valence electrons. The first-order chi connectivity index (χ1) is 23.9. The fourth-order valence-electron chi connectivity index (χ4n) is 7.96. The molecule has 3 amide bonds. The maximum absolute atomic E-state index is 14.9. The summed E-state index contributed by atoms with van der Waals surface area (Å²) >= 11 is 3.74. The van der Waals surface area contributed by atoms with Crippen molar-refractivity contribution in [3.05, 3.63) is 97.1 Å². The second-order valence-electron chi connectivity index (χ2n) is 13.7. The molecule has 3 heterocycles. The number of aliphatic hydroxyl groups excluding tert-OH is 1. The smallest absolute Gasteiger partial charge is 0.313 e. The van der Waals surface area contributed by atoms with Crippen LogP contribution in [-0.4, -0.2) is 98.4 Å². The van der Waals surface area contributed by atoms with Crippen LogP contribution in [0.25, 0.3) is 0 Å². The lowest BCUT2D eigenvalue weighted by molar-refractivity contribution is -0.165. The lowest BCUT2D eigenvalue weighted by Gasteiger charge is -2.40. The Morgan fingerprint density at radius 2 is 1.68 bits per heavy atom. The first kappa shape index (κ1) is 37.5. The number of carbonyl (C=O) groups is 4. The van der Waals surface area contributed by atoms with Gasteiger partial charge in [0.15, 0.2) is 0 Å². The lowest BCUT2D eigenvalue weighted by atomic mass is 9.70. The van der Waals surface area contributed by atoms with E-state index in [4.69, 9.17) is 9.47 Å². The largest absolute Gasteiger partial charge is 0.455 e. The van der Waals surface area contributed by atoms with Crippen LogP contribution in [0.3, 0.4) is 0 Å². The number of esters is 1. The van der Waals surface area contributed by atoms with Crippen molar-refractivity contribution in [1.82, 2.24) is 14.7 Å². The van der Waals surface area contributed by atoms with E-state index in [-0.39, 0.29) is 35.6 Å². The van der Waals surface area contributed by atoms with Crippen LogP contribution in [0.5, 0.6) is 0 Å². The molecular weight excluding hydrogens is 702 g/mol. The second-order valence-corrected chi connectivity index (χ2v) is 14.9. The molecule has 1 N–H and O–H groups in total. The predicted octanol–water partition coefficient (Wildman–Crippen LogP) is 4.99. The van der Waals surface area contributed by atoms with Gasteiger partial charge in [0, 0.05) is 30.9 Å². The zero-order chi connectivity index (χ0) is 36.3. The molecule has 3 aliphatic rings. The van der Waals surface area contributed by atoms with Crippen LogP contribution in [0.4, 0.5) is 0 Å². The number of benzene rings is 2. The van der Waals surface area contributed by atoms with Crippen LogP contribution in [0.2, 0.25) is 0 Å². The number of hydrogen-bond donors (Lipinski definition) is 1. The molecule has 50 heavy (non-hydrogen) atoms. The van der Waals surface area contributed by atoms with E-state index >= 15 is 0 Å². The van der Waals surface area contributed by atoms with Crippen molar-refractivity contribution in [1.29, 1.82) is 0 Å². The first-order valence-corrected chi connectivity index (χ1v) is 18.2. The second kappa shape index (κ2) is 15.6. The molecule has 1 spiro atoms. The number of alkyl halides is 1. The Hall–Kier alpha value is -3.80. The lowest BCUT2D eigenvalue weighted by Crippen LogP contribution is -2.58. The third-order valence-corrected chi connectivity index (χ3v) is 11.4. The molecule has 2 bridgehead atoms. The van der Waals surface area contributed by atoms with Gasteiger partial charge in [-0.05, 0) is 44.7 Å². The summed E-state index contributed by atoms with van der Waals surface area (Å²) in [6, 6.07) is 15.5. The Balaban J connectivity index is 1.56. The van der Waals surface area contributed by atoms with Gasteiger partial charge in [0.05, 0.1) is 36.6 Å². The molecule has 11 heteroatoms. The quantitative estimate of drug-likeness (QED) is 0.155. The highest BCUT2D eigenvalue weighted by Gasteiger charge is 2.77. The number of allylic oxidation sites excluding steroid dienone is 1. The number of aliphatic hydroxyl groups is 1. The van der Waals surface area contributed by atoms with E-state index in [1.807, 2.05) is 81.4 Å². The molecule has 10 nitrogen and oxygen atoms in total. The number of halogens is 1. The maximum atomic E-state index is 14.9. The molecule has 0 radical (unpaired) electrons. The number of rotatable bonds is 15. The van der Waals surface area contributed by atoms with Crippen LogP contribution < -0.4 is 0 Å². The summed E-state index contributed by atoms with van der Waals surface area (Å²) in [7, 11) is 1.68. The molecule has 9 atom stereocenters. The normalized spacial score (nSPS) is 27.0. The fourth-order valence-corrected chi connectivity index (χ4v) is 8.90. The number of hydrogen-bond acceptors (Lipinski definition) is 7. The summed E-state index contributed by atoms with van der Waals surface area (Å²) in [6.07, 6.45) is 2.80. The molecular formula is C39H48BrN3O7. The van der Waals surface area contributed by atoms with Crippen LogP contribution in [0.15, 0.2) is 86.0 Å². The highest BCUT2D eigenvalue weighted by atomic mass is 79.9. The van der Waals surface area contributed by atoms with Gasteiger partial charge in [0.2, 0.25) is 17.7 Å². The summed E-state index contributed by atoms with van der Waals surface area (Å²) in [5.41, 5.74) is -0.0123. The van der Waals surface area contributed by atoms with Gasteiger partial charge < -0.3 is 29.3 Å². The van der Waals surface area contributed by atoms with Gasteiger partial charge >= 0.3 is 5.97 Å². The first-order valence-electron chi connectivity index (χ1n) is 17.3. The van der Waals surface area contributed by atoms with Gasteiger partial charge in [-0.15, -0.1) is 13.2 Å². The maximum Gasteiger partial charge on any atom is 0.313 e. The summed E-state index contributed by atoms with van der Waals surface area (Å²) in [5, 5.41) is 10.8. The van der Waals surface area contributed by atoms with E-state index in [9.17, 15) is 24.3 Å². The number of carbonyl (C=O) groups excluding carboxylic acids is 4. The molecule has 0 aliphatic carbocycles. The summed E-state index contributed by atoms with van der Waals surface area (Å²) in [5.74, 6) is -3.65. The van der Waals surface area contributed by atoms with Crippen molar-refractivity contribution in [2.45, 2.75) is 86.8 Å². The Morgan fingerprint density at radius 1 is 1.06 bits per heavy atom. The van der Waals surface area contributed by atoms with E-state index in [2.05, 4.69) is 29.1 Å². The number of amides is 3. The van der Waals surface area contributed by atoms with Crippen LogP contribution >= 0.6 is 15.9 Å².